The Balaban J connectivity index is 1.60. The van der Waals surface area contributed by atoms with Gasteiger partial charge in [0.2, 0.25) is 0 Å². The Labute approximate surface area is 109 Å². The molecule has 1 aromatic rings. The first-order chi connectivity index (χ1) is 8.75. The quantitative estimate of drug-likeness (QED) is 0.741. The summed E-state index contributed by atoms with van der Waals surface area (Å²) in [6.07, 6.45) is 2.29. The van der Waals surface area contributed by atoms with Crippen molar-refractivity contribution in [2.75, 3.05) is 19.7 Å². The molecule has 0 aliphatic heterocycles. The summed E-state index contributed by atoms with van der Waals surface area (Å²) in [5.41, 5.74) is 1.15. The molecule has 18 heavy (non-hydrogen) atoms. The molecule has 1 saturated carbocycles. The van der Waals surface area contributed by atoms with Gasteiger partial charge in [-0.1, -0.05) is 30.3 Å². The van der Waals surface area contributed by atoms with Crippen LogP contribution < -0.4 is 5.32 Å². The lowest BCUT2D eigenvalue weighted by atomic mass is 10.1. The molecule has 2 N–H and O–H groups in total. The summed E-state index contributed by atoms with van der Waals surface area (Å²) < 4.78 is 5.67. The maximum atomic E-state index is 9.79. The second kappa shape index (κ2) is 6.88. The van der Waals surface area contributed by atoms with Crippen molar-refractivity contribution in [1.29, 1.82) is 0 Å². The smallest absolute Gasteiger partial charge is 0.0897 e. The number of hydrogen-bond acceptors (Lipinski definition) is 3. The van der Waals surface area contributed by atoms with Crippen molar-refractivity contribution in [3.05, 3.63) is 35.9 Å². The van der Waals surface area contributed by atoms with Gasteiger partial charge in [-0.3, -0.25) is 0 Å². The van der Waals surface area contributed by atoms with Crippen molar-refractivity contribution in [3.63, 3.8) is 0 Å². The predicted molar refractivity (Wildman–Crippen MR) is 72.4 cm³/mol. The van der Waals surface area contributed by atoms with E-state index >= 15 is 0 Å². The van der Waals surface area contributed by atoms with E-state index in [9.17, 15) is 5.11 Å². The molecule has 1 fully saturated rings. The van der Waals surface area contributed by atoms with Crippen molar-refractivity contribution in [3.8, 4) is 0 Å². The van der Waals surface area contributed by atoms with E-state index < -0.39 is 6.10 Å². The van der Waals surface area contributed by atoms with Crippen LogP contribution in [0.15, 0.2) is 30.3 Å². The number of benzene rings is 1. The number of aliphatic hydroxyl groups excluding tert-OH is 1. The van der Waals surface area contributed by atoms with Crippen LogP contribution in [0, 0.1) is 5.92 Å². The zero-order valence-corrected chi connectivity index (χ0v) is 11.0. The highest BCUT2D eigenvalue weighted by atomic mass is 16.5. The summed E-state index contributed by atoms with van der Waals surface area (Å²) >= 11 is 0. The Morgan fingerprint density at radius 3 is 2.72 bits per heavy atom. The van der Waals surface area contributed by atoms with E-state index in [0.29, 0.717) is 13.2 Å². The fraction of sp³-hybridized carbons (Fsp3) is 0.600. The van der Waals surface area contributed by atoms with E-state index in [2.05, 4.69) is 5.32 Å². The van der Waals surface area contributed by atoms with E-state index in [-0.39, 0.29) is 6.10 Å². The van der Waals surface area contributed by atoms with Crippen LogP contribution in [0.4, 0.5) is 0 Å². The Morgan fingerprint density at radius 1 is 1.33 bits per heavy atom. The first-order valence-electron chi connectivity index (χ1n) is 6.81. The average Bonchev–Trinajstić information content (AvgIpc) is 3.21. The first kappa shape index (κ1) is 13.5. The van der Waals surface area contributed by atoms with Crippen LogP contribution in [0.2, 0.25) is 0 Å². The van der Waals surface area contributed by atoms with E-state index in [1.807, 2.05) is 37.3 Å². The van der Waals surface area contributed by atoms with Crippen molar-refractivity contribution in [1.82, 2.24) is 5.32 Å². The Kier molecular flexibility index (Phi) is 5.17. The molecule has 1 aromatic carbocycles. The molecule has 1 aliphatic rings. The number of aliphatic hydroxyl groups is 1. The van der Waals surface area contributed by atoms with Crippen LogP contribution in [0.3, 0.4) is 0 Å². The molecule has 2 rings (SSSR count). The van der Waals surface area contributed by atoms with Gasteiger partial charge in [0.25, 0.3) is 0 Å². The molecule has 100 valence electrons. The minimum Gasteiger partial charge on any atom is -0.389 e. The summed E-state index contributed by atoms with van der Waals surface area (Å²) in [4.78, 5) is 0. The first-order valence-corrected chi connectivity index (χ1v) is 6.81. The van der Waals surface area contributed by atoms with Crippen LogP contribution in [-0.4, -0.2) is 30.9 Å². The summed E-state index contributed by atoms with van der Waals surface area (Å²) in [5, 5.41) is 13.1. The second-order valence-corrected chi connectivity index (χ2v) is 5.14. The van der Waals surface area contributed by atoms with Gasteiger partial charge in [-0.25, -0.2) is 0 Å². The highest BCUT2D eigenvalue weighted by Gasteiger charge is 2.20. The summed E-state index contributed by atoms with van der Waals surface area (Å²) in [7, 11) is 0. The van der Waals surface area contributed by atoms with Crippen LogP contribution in [0.5, 0.6) is 0 Å². The molecule has 2 unspecified atom stereocenters. The van der Waals surface area contributed by atoms with Crippen molar-refractivity contribution in [2.45, 2.75) is 32.0 Å². The number of rotatable bonds is 8. The number of hydrogen-bond donors (Lipinski definition) is 2. The van der Waals surface area contributed by atoms with Gasteiger partial charge in [-0.2, -0.15) is 0 Å². The van der Waals surface area contributed by atoms with Crippen molar-refractivity contribution >= 4 is 0 Å². The summed E-state index contributed by atoms with van der Waals surface area (Å²) in [5.74, 6) is 0.848. The minimum absolute atomic E-state index is 0.0317. The lowest BCUT2D eigenvalue weighted by molar-refractivity contribution is -0.00203. The van der Waals surface area contributed by atoms with Gasteiger partial charge in [0.05, 0.1) is 18.8 Å². The molecule has 0 spiro atoms. The summed E-state index contributed by atoms with van der Waals surface area (Å²) in [6, 6.07) is 10.1. The molecule has 2 atom stereocenters. The van der Waals surface area contributed by atoms with Gasteiger partial charge < -0.3 is 15.2 Å². The molecule has 3 nitrogen and oxygen atoms in total. The molecule has 0 saturated heterocycles. The molecular formula is C15H23NO2. The highest BCUT2D eigenvalue weighted by molar-refractivity contribution is 5.16. The molecule has 0 bridgehead atoms. The van der Waals surface area contributed by atoms with Gasteiger partial charge >= 0.3 is 0 Å². The molecule has 0 aromatic heterocycles. The van der Waals surface area contributed by atoms with Crippen LogP contribution in [-0.2, 0) is 4.74 Å². The fourth-order valence-corrected chi connectivity index (χ4v) is 1.91. The predicted octanol–water partition coefficient (Wildman–Crippen LogP) is 2.12. The Bertz CT molecular complexity index is 338. The lowest BCUT2D eigenvalue weighted by Gasteiger charge is -2.17. The Morgan fingerprint density at radius 2 is 2.06 bits per heavy atom. The van der Waals surface area contributed by atoms with Crippen molar-refractivity contribution < 1.29 is 9.84 Å². The normalized spacial score (nSPS) is 18.6. The molecule has 0 heterocycles. The van der Waals surface area contributed by atoms with Gasteiger partial charge in [-0.05, 0) is 37.8 Å². The van der Waals surface area contributed by atoms with E-state index in [4.69, 9.17) is 4.74 Å². The van der Waals surface area contributed by atoms with Crippen LogP contribution in [0.1, 0.15) is 31.4 Å². The third-order valence-electron chi connectivity index (χ3n) is 3.32. The van der Waals surface area contributed by atoms with Gasteiger partial charge in [0, 0.05) is 6.54 Å². The zero-order chi connectivity index (χ0) is 12.8. The SMILES string of the molecule is CC(OCC(O)CNCC1CC1)c1ccccc1. The topological polar surface area (TPSA) is 41.5 Å². The second-order valence-electron chi connectivity index (χ2n) is 5.14. The van der Waals surface area contributed by atoms with E-state index in [0.717, 1.165) is 18.0 Å². The van der Waals surface area contributed by atoms with E-state index in [1.165, 1.54) is 12.8 Å². The minimum atomic E-state index is -0.421. The van der Waals surface area contributed by atoms with Gasteiger partial charge in [0.15, 0.2) is 0 Å². The molecular weight excluding hydrogens is 226 g/mol. The van der Waals surface area contributed by atoms with Crippen molar-refractivity contribution in [2.24, 2.45) is 5.92 Å². The molecule has 0 amide bonds. The maximum Gasteiger partial charge on any atom is 0.0897 e. The highest BCUT2D eigenvalue weighted by Crippen LogP contribution is 2.27. The van der Waals surface area contributed by atoms with E-state index in [1.54, 1.807) is 0 Å². The largest absolute Gasteiger partial charge is 0.389 e. The maximum absolute atomic E-state index is 9.79. The molecule has 3 heteroatoms. The van der Waals surface area contributed by atoms with Gasteiger partial charge in [0.1, 0.15) is 0 Å². The Hall–Kier alpha value is -0.900. The number of ether oxygens (including phenoxy) is 1. The third kappa shape index (κ3) is 4.77. The van der Waals surface area contributed by atoms with Crippen LogP contribution >= 0.6 is 0 Å². The average molecular weight is 249 g/mol. The fourth-order valence-electron chi connectivity index (χ4n) is 1.91. The summed E-state index contributed by atoms with van der Waals surface area (Å²) in [6.45, 7) is 4.05. The standard InChI is InChI=1S/C15H23NO2/c1-12(14-5-3-2-4-6-14)18-11-15(17)10-16-9-13-7-8-13/h2-6,12-13,15-17H,7-11H2,1H3. The zero-order valence-electron chi connectivity index (χ0n) is 11.0. The lowest BCUT2D eigenvalue weighted by Crippen LogP contribution is -2.31. The third-order valence-corrected chi connectivity index (χ3v) is 3.32. The molecule has 1 aliphatic carbocycles. The number of nitrogens with one attached hydrogen (secondary N) is 1. The monoisotopic (exact) mass is 249 g/mol. The molecule has 0 radical (unpaired) electrons. The van der Waals surface area contributed by atoms with Gasteiger partial charge in [-0.15, -0.1) is 0 Å². The van der Waals surface area contributed by atoms with Crippen LogP contribution in [0.25, 0.3) is 0 Å².